The van der Waals surface area contributed by atoms with E-state index in [1.807, 2.05) is 12.1 Å². The van der Waals surface area contributed by atoms with Crippen molar-refractivity contribution in [3.63, 3.8) is 0 Å². The molecule has 1 fully saturated rings. The molecular formula is C27H34O4. The van der Waals surface area contributed by atoms with E-state index in [0.29, 0.717) is 29.4 Å². The number of carbonyl (C=O) groups excluding carboxylic acids is 2. The van der Waals surface area contributed by atoms with Crippen molar-refractivity contribution in [2.24, 2.45) is 5.92 Å². The van der Waals surface area contributed by atoms with Crippen molar-refractivity contribution in [2.45, 2.75) is 77.6 Å². The van der Waals surface area contributed by atoms with E-state index < -0.39 is 0 Å². The Morgan fingerprint density at radius 2 is 1.42 bits per heavy atom. The summed E-state index contributed by atoms with van der Waals surface area (Å²) in [6.07, 6.45) is 9.59. The Morgan fingerprint density at radius 1 is 0.806 bits per heavy atom. The van der Waals surface area contributed by atoms with E-state index in [1.54, 1.807) is 24.3 Å². The molecule has 0 aliphatic heterocycles. The Kier molecular flexibility index (Phi) is 8.69. The van der Waals surface area contributed by atoms with E-state index in [1.165, 1.54) is 31.2 Å². The quantitative estimate of drug-likeness (QED) is 0.246. The first kappa shape index (κ1) is 23.1. The minimum Gasteiger partial charge on any atom is -0.427 e. The summed E-state index contributed by atoms with van der Waals surface area (Å²) in [6, 6.07) is 14.4. The van der Waals surface area contributed by atoms with Crippen LogP contribution >= 0.6 is 0 Å². The van der Waals surface area contributed by atoms with E-state index in [-0.39, 0.29) is 11.9 Å². The molecule has 0 aromatic heterocycles. The van der Waals surface area contributed by atoms with E-state index in [4.69, 9.17) is 9.47 Å². The second-order valence-electron chi connectivity index (χ2n) is 8.72. The van der Waals surface area contributed by atoms with Gasteiger partial charge in [-0.25, -0.2) is 4.79 Å². The highest BCUT2D eigenvalue weighted by molar-refractivity contribution is 5.91. The molecule has 1 aliphatic rings. The Bertz CT molecular complexity index is 831. The molecule has 0 unspecified atom stereocenters. The Labute approximate surface area is 186 Å². The molecule has 0 atom stereocenters. The van der Waals surface area contributed by atoms with Gasteiger partial charge in [0.15, 0.2) is 0 Å². The van der Waals surface area contributed by atoms with Gasteiger partial charge in [-0.1, -0.05) is 58.1 Å². The first-order valence-corrected chi connectivity index (χ1v) is 11.7. The van der Waals surface area contributed by atoms with E-state index in [0.717, 1.165) is 31.6 Å². The van der Waals surface area contributed by atoms with Crippen molar-refractivity contribution in [3.05, 3.63) is 59.7 Å². The van der Waals surface area contributed by atoms with Crippen LogP contribution in [-0.4, -0.2) is 11.9 Å². The zero-order chi connectivity index (χ0) is 22.1. The van der Waals surface area contributed by atoms with Crippen LogP contribution < -0.4 is 9.47 Å². The molecular weight excluding hydrogens is 388 g/mol. The van der Waals surface area contributed by atoms with Gasteiger partial charge in [-0.3, -0.25) is 4.79 Å². The van der Waals surface area contributed by atoms with Crippen LogP contribution in [0.25, 0.3) is 0 Å². The van der Waals surface area contributed by atoms with Crippen molar-refractivity contribution in [1.29, 1.82) is 0 Å². The van der Waals surface area contributed by atoms with Crippen molar-refractivity contribution in [3.8, 4) is 11.5 Å². The highest BCUT2D eigenvalue weighted by Gasteiger charge is 2.20. The molecule has 0 heterocycles. The van der Waals surface area contributed by atoms with Gasteiger partial charge in [-0.15, -0.1) is 0 Å². The van der Waals surface area contributed by atoms with Crippen LogP contribution in [0.3, 0.4) is 0 Å². The van der Waals surface area contributed by atoms with Gasteiger partial charge in [-0.05, 0) is 73.1 Å². The lowest BCUT2D eigenvalue weighted by Crippen LogP contribution is -2.12. The molecule has 0 N–H and O–H groups in total. The lowest BCUT2D eigenvalue weighted by Gasteiger charge is -2.26. The maximum absolute atomic E-state index is 12.5. The summed E-state index contributed by atoms with van der Waals surface area (Å²) < 4.78 is 10.8. The molecule has 1 aliphatic carbocycles. The minimum absolute atomic E-state index is 0.228. The Hall–Kier alpha value is -2.62. The monoisotopic (exact) mass is 422 g/mol. The minimum atomic E-state index is -0.385. The summed E-state index contributed by atoms with van der Waals surface area (Å²) in [5, 5.41) is 0. The number of hydrogen-bond acceptors (Lipinski definition) is 4. The van der Waals surface area contributed by atoms with Gasteiger partial charge in [0.1, 0.15) is 11.5 Å². The first-order chi connectivity index (χ1) is 15.0. The molecule has 0 saturated heterocycles. The number of unbranched alkanes of at least 4 members (excludes halogenated alkanes) is 3. The number of benzene rings is 2. The molecule has 4 nitrogen and oxygen atoms in total. The van der Waals surface area contributed by atoms with Gasteiger partial charge >= 0.3 is 11.9 Å². The van der Waals surface area contributed by atoms with Gasteiger partial charge < -0.3 is 9.47 Å². The second-order valence-corrected chi connectivity index (χ2v) is 8.72. The number of esters is 2. The predicted molar refractivity (Wildman–Crippen MR) is 123 cm³/mol. The number of ether oxygens (including phenoxy) is 2. The summed E-state index contributed by atoms with van der Waals surface area (Å²) in [5.41, 5.74) is 1.85. The fraction of sp³-hybridized carbons (Fsp3) is 0.481. The molecule has 0 spiro atoms. The zero-order valence-electron chi connectivity index (χ0n) is 18.8. The SMILES string of the molecule is CCCCCCC(=O)Oc1ccc(OC(=O)c2ccc(C3CCC(C)CC3)cc2)cc1. The third-order valence-electron chi connectivity index (χ3n) is 6.13. The average molecular weight is 423 g/mol. The van der Waals surface area contributed by atoms with Crippen LogP contribution in [0.4, 0.5) is 0 Å². The van der Waals surface area contributed by atoms with Crippen molar-refractivity contribution in [2.75, 3.05) is 0 Å². The molecule has 3 rings (SSSR count). The molecule has 166 valence electrons. The molecule has 2 aromatic rings. The van der Waals surface area contributed by atoms with Gasteiger partial charge in [0.2, 0.25) is 0 Å². The highest BCUT2D eigenvalue weighted by atomic mass is 16.5. The standard InChI is InChI=1S/C27H34O4/c1-3-4-5-6-7-26(28)30-24-16-18-25(19-17-24)31-27(29)23-14-12-22(13-15-23)21-10-8-20(2)9-11-21/h12-21H,3-11H2,1-2H3. The van der Waals surface area contributed by atoms with Crippen LogP contribution in [-0.2, 0) is 4.79 Å². The largest absolute Gasteiger partial charge is 0.427 e. The summed E-state index contributed by atoms with van der Waals surface area (Å²) in [6.45, 7) is 4.46. The molecule has 31 heavy (non-hydrogen) atoms. The fourth-order valence-corrected chi connectivity index (χ4v) is 4.11. The number of rotatable bonds is 9. The van der Waals surface area contributed by atoms with Gasteiger partial charge in [0, 0.05) is 6.42 Å². The van der Waals surface area contributed by atoms with E-state index >= 15 is 0 Å². The lowest BCUT2D eigenvalue weighted by molar-refractivity contribution is -0.134. The molecule has 0 amide bonds. The normalized spacial score (nSPS) is 18.4. The number of carbonyl (C=O) groups is 2. The predicted octanol–water partition coefficient (Wildman–Crippen LogP) is 7.08. The summed E-state index contributed by atoms with van der Waals surface area (Å²) in [5.74, 6) is 1.71. The van der Waals surface area contributed by atoms with Crippen molar-refractivity contribution < 1.29 is 19.1 Å². The summed E-state index contributed by atoms with van der Waals surface area (Å²) in [7, 11) is 0. The molecule has 1 saturated carbocycles. The lowest BCUT2D eigenvalue weighted by atomic mass is 9.79. The van der Waals surface area contributed by atoms with Crippen LogP contribution in [0, 0.1) is 5.92 Å². The molecule has 4 heteroatoms. The van der Waals surface area contributed by atoms with Crippen molar-refractivity contribution >= 4 is 11.9 Å². The Morgan fingerprint density at radius 3 is 2.03 bits per heavy atom. The highest BCUT2D eigenvalue weighted by Crippen LogP contribution is 2.35. The van der Waals surface area contributed by atoms with Gasteiger partial charge in [0.25, 0.3) is 0 Å². The molecule has 0 bridgehead atoms. The van der Waals surface area contributed by atoms with Crippen molar-refractivity contribution in [1.82, 2.24) is 0 Å². The third-order valence-corrected chi connectivity index (χ3v) is 6.13. The van der Waals surface area contributed by atoms with Crippen LogP contribution in [0.2, 0.25) is 0 Å². The molecule has 2 aromatic carbocycles. The number of hydrogen-bond donors (Lipinski definition) is 0. The second kappa shape index (κ2) is 11.7. The van der Waals surface area contributed by atoms with Crippen LogP contribution in [0.5, 0.6) is 11.5 Å². The smallest absolute Gasteiger partial charge is 0.343 e. The third kappa shape index (κ3) is 7.23. The van der Waals surface area contributed by atoms with Gasteiger partial charge in [0.05, 0.1) is 5.56 Å². The first-order valence-electron chi connectivity index (χ1n) is 11.7. The van der Waals surface area contributed by atoms with Gasteiger partial charge in [-0.2, -0.15) is 0 Å². The van der Waals surface area contributed by atoms with Crippen LogP contribution in [0.15, 0.2) is 48.5 Å². The maximum atomic E-state index is 12.5. The zero-order valence-corrected chi connectivity index (χ0v) is 18.8. The fourth-order valence-electron chi connectivity index (χ4n) is 4.11. The average Bonchev–Trinajstić information content (AvgIpc) is 2.79. The van der Waals surface area contributed by atoms with E-state index in [9.17, 15) is 9.59 Å². The summed E-state index contributed by atoms with van der Waals surface area (Å²) >= 11 is 0. The topological polar surface area (TPSA) is 52.6 Å². The van der Waals surface area contributed by atoms with Crippen LogP contribution in [0.1, 0.15) is 93.5 Å². The summed E-state index contributed by atoms with van der Waals surface area (Å²) in [4.78, 5) is 24.3. The maximum Gasteiger partial charge on any atom is 0.343 e. The molecule has 0 radical (unpaired) electrons. The Balaban J connectivity index is 1.48. The van der Waals surface area contributed by atoms with E-state index in [2.05, 4.69) is 26.0 Å².